The van der Waals surface area contributed by atoms with Gasteiger partial charge < -0.3 is 14.9 Å². The summed E-state index contributed by atoms with van der Waals surface area (Å²) in [5.74, 6) is -0.939. The highest BCUT2D eigenvalue weighted by Gasteiger charge is 2.17. The molecule has 1 saturated heterocycles. The highest BCUT2D eigenvalue weighted by Crippen LogP contribution is 2.23. The van der Waals surface area contributed by atoms with Crippen LogP contribution in [0.3, 0.4) is 0 Å². The number of benzene rings is 1. The fourth-order valence-corrected chi connectivity index (χ4v) is 2.43. The zero-order valence-electron chi connectivity index (χ0n) is 10.4. The number of carbonyl (C=O) groups is 1. The van der Waals surface area contributed by atoms with E-state index in [0.29, 0.717) is 5.02 Å². The normalized spacial score (nSPS) is 16.9. The molecule has 18 heavy (non-hydrogen) atoms. The second kappa shape index (κ2) is 5.59. The number of anilines is 1. The predicted molar refractivity (Wildman–Crippen MR) is 72.7 cm³/mol. The number of rotatable bonds is 3. The van der Waals surface area contributed by atoms with Crippen LogP contribution in [0.1, 0.15) is 17.3 Å². The fourth-order valence-electron chi connectivity index (χ4n) is 2.20. The Morgan fingerprint density at radius 2 is 1.94 bits per heavy atom. The molecule has 0 aromatic heterocycles. The lowest BCUT2D eigenvalue weighted by molar-refractivity contribution is 0.0697. The van der Waals surface area contributed by atoms with E-state index in [1.54, 1.807) is 6.07 Å². The van der Waals surface area contributed by atoms with E-state index in [4.69, 9.17) is 16.7 Å². The molecule has 1 aliphatic heterocycles. The molecule has 0 atom stereocenters. The molecule has 0 spiro atoms. The molecule has 5 heteroatoms. The van der Waals surface area contributed by atoms with Crippen molar-refractivity contribution in [1.29, 1.82) is 0 Å². The smallest absolute Gasteiger partial charge is 0.335 e. The summed E-state index contributed by atoms with van der Waals surface area (Å²) >= 11 is 5.97. The number of carboxylic acid groups (broad SMARTS) is 1. The average Bonchev–Trinajstić information content (AvgIpc) is 2.38. The van der Waals surface area contributed by atoms with Crippen molar-refractivity contribution in [3.8, 4) is 0 Å². The number of nitrogens with zero attached hydrogens (tertiary/aromatic N) is 2. The quantitative estimate of drug-likeness (QED) is 0.913. The van der Waals surface area contributed by atoms with Crippen molar-refractivity contribution < 1.29 is 9.90 Å². The van der Waals surface area contributed by atoms with E-state index in [2.05, 4.69) is 16.7 Å². The molecule has 1 aliphatic rings. The molecule has 2 rings (SSSR count). The third-order valence-corrected chi connectivity index (χ3v) is 3.53. The molecule has 1 aromatic rings. The van der Waals surface area contributed by atoms with Crippen molar-refractivity contribution in [2.45, 2.75) is 6.92 Å². The van der Waals surface area contributed by atoms with E-state index in [1.807, 2.05) is 6.07 Å². The zero-order valence-corrected chi connectivity index (χ0v) is 11.2. The van der Waals surface area contributed by atoms with Crippen LogP contribution in [-0.2, 0) is 0 Å². The summed E-state index contributed by atoms with van der Waals surface area (Å²) in [4.78, 5) is 15.6. The molecule has 4 nitrogen and oxygen atoms in total. The van der Waals surface area contributed by atoms with E-state index in [1.165, 1.54) is 6.07 Å². The molecule has 98 valence electrons. The van der Waals surface area contributed by atoms with Crippen LogP contribution >= 0.6 is 11.6 Å². The highest BCUT2D eigenvalue weighted by molar-refractivity contribution is 6.31. The summed E-state index contributed by atoms with van der Waals surface area (Å²) in [5.41, 5.74) is 1.14. The van der Waals surface area contributed by atoms with Crippen LogP contribution in [0.15, 0.2) is 18.2 Å². The first kappa shape index (κ1) is 13.2. The minimum absolute atomic E-state index is 0.246. The Kier molecular flexibility index (Phi) is 4.09. The van der Waals surface area contributed by atoms with Gasteiger partial charge in [0.1, 0.15) is 0 Å². The van der Waals surface area contributed by atoms with Crippen LogP contribution in [0.25, 0.3) is 0 Å². The number of aromatic carboxylic acids is 1. The summed E-state index contributed by atoms with van der Waals surface area (Å²) in [7, 11) is 0. The van der Waals surface area contributed by atoms with Crippen molar-refractivity contribution in [2.24, 2.45) is 0 Å². The number of carboxylic acids is 1. The molecule has 1 aromatic carbocycles. The Hall–Kier alpha value is -1.26. The summed E-state index contributed by atoms with van der Waals surface area (Å²) in [5, 5.41) is 9.50. The summed E-state index contributed by atoms with van der Waals surface area (Å²) in [6.07, 6.45) is 0. The predicted octanol–water partition coefficient (Wildman–Crippen LogP) is 2.18. The van der Waals surface area contributed by atoms with E-state index in [9.17, 15) is 4.79 Å². The Labute approximate surface area is 112 Å². The van der Waals surface area contributed by atoms with Gasteiger partial charge in [-0.05, 0) is 24.7 Å². The summed E-state index contributed by atoms with van der Waals surface area (Å²) in [6.45, 7) is 7.04. The Morgan fingerprint density at radius 3 is 2.50 bits per heavy atom. The first-order valence-electron chi connectivity index (χ1n) is 6.11. The standard InChI is InChI=1S/C13H17ClN2O2/c1-2-15-3-5-16(6-4-15)12-8-10(13(17)18)7-11(14)9-12/h7-9H,2-6H2,1H3,(H,17,18). The lowest BCUT2D eigenvalue weighted by Gasteiger charge is -2.35. The van der Waals surface area contributed by atoms with Crippen LogP contribution in [0.5, 0.6) is 0 Å². The first-order valence-corrected chi connectivity index (χ1v) is 6.49. The molecular weight excluding hydrogens is 252 g/mol. The first-order chi connectivity index (χ1) is 8.60. The molecular formula is C13H17ClN2O2. The topological polar surface area (TPSA) is 43.8 Å². The van der Waals surface area contributed by atoms with Gasteiger partial charge in [0.2, 0.25) is 0 Å². The van der Waals surface area contributed by atoms with Gasteiger partial charge in [-0.3, -0.25) is 0 Å². The lowest BCUT2D eigenvalue weighted by atomic mass is 10.1. The third-order valence-electron chi connectivity index (χ3n) is 3.31. The monoisotopic (exact) mass is 268 g/mol. The van der Waals surface area contributed by atoms with Gasteiger partial charge in [0.25, 0.3) is 0 Å². The molecule has 0 amide bonds. The van der Waals surface area contributed by atoms with Gasteiger partial charge in [-0.1, -0.05) is 18.5 Å². The van der Waals surface area contributed by atoms with Gasteiger partial charge in [0.15, 0.2) is 0 Å². The van der Waals surface area contributed by atoms with Crippen LogP contribution in [-0.4, -0.2) is 48.7 Å². The van der Waals surface area contributed by atoms with E-state index in [0.717, 1.165) is 38.4 Å². The number of halogens is 1. The van der Waals surface area contributed by atoms with Crippen molar-refractivity contribution in [2.75, 3.05) is 37.6 Å². The molecule has 1 heterocycles. The summed E-state index contributed by atoms with van der Waals surface area (Å²) in [6, 6.07) is 5.00. The number of likely N-dealkylation sites (N-methyl/N-ethyl adjacent to an activating group) is 1. The third kappa shape index (κ3) is 2.94. The average molecular weight is 269 g/mol. The van der Waals surface area contributed by atoms with Gasteiger partial charge in [-0.2, -0.15) is 0 Å². The van der Waals surface area contributed by atoms with E-state index < -0.39 is 5.97 Å². The maximum absolute atomic E-state index is 11.0. The highest BCUT2D eigenvalue weighted by atomic mass is 35.5. The van der Waals surface area contributed by atoms with Gasteiger partial charge in [0, 0.05) is 36.9 Å². The molecule has 0 radical (unpaired) electrons. The van der Waals surface area contributed by atoms with Crippen molar-refractivity contribution in [1.82, 2.24) is 4.90 Å². The van der Waals surface area contributed by atoms with Crippen molar-refractivity contribution in [3.05, 3.63) is 28.8 Å². The van der Waals surface area contributed by atoms with Gasteiger partial charge in [-0.15, -0.1) is 0 Å². The second-order valence-electron chi connectivity index (χ2n) is 4.42. The fraction of sp³-hybridized carbons (Fsp3) is 0.462. The molecule has 0 saturated carbocycles. The maximum Gasteiger partial charge on any atom is 0.335 e. The zero-order chi connectivity index (χ0) is 13.1. The van der Waals surface area contributed by atoms with Crippen LogP contribution in [0.2, 0.25) is 5.02 Å². The Bertz CT molecular complexity index is 443. The minimum atomic E-state index is -0.939. The minimum Gasteiger partial charge on any atom is -0.478 e. The molecule has 0 aliphatic carbocycles. The van der Waals surface area contributed by atoms with Crippen LogP contribution < -0.4 is 4.90 Å². The SMILES string of the molecule is CCN1CCN(c2cc(Cl)cc(C(=O)O)c2)CC1. The summed E-state index contributed by atoms with van der Waals surface area (Å²) < 4.78 is 0. The molecule has 1 N–H and O–H groups in total. The van der Waals surface area contributed by atoms with Crippen LogP contribution in [0.4, 0.5) is 5.69 Å². The maximum atomic E-state index is 11.0. The van der Waals surface area contributed by atoms with Crippen molar-refractivity contribution >= 4 is 23.3 Å². The van der Waals surface area contributed by atoms with E-state index in [-0.39, 0.29) is 5.56 Å². The molecule has 1 fully saturated rings. The van der Waals surface area contributed by atoms with Gasteiger partial charge in [0.05, 0.1) is 5.56 Å². The van der Waals surface area contributed by atoms with Crippen molar-refractivity contribution in [3.63, 3.8) is 0 Å². The van der Waals surface area contributed by atoms with Gasteiger partial charge in [-0.25, -0.2) is 4.79 Å². The number of piperazine rings is 1. The largest absolute Gasteiger partial charge is 0.478 e. The Morgan fingerprint density at radius 1 is 1.28 bits per heavy atom. The number of hydrogen-bond acceptors (Lipinski definition) is 3. The van der Waals surface area contributed by atoms with Crippen LogP contribution in [0, 0.1) is 0 Å². The Balaban J connectivity index is 2.16. The lowest BCUT2D eigenvalue weighted by Crippen LogP contribution is -2.46. The molecule has 0 unspecified atom stereocenters. The van der Waals surface area contributed by atoms with E-state index >= 15 is 0 Å². The molecule has 0 bridgehead atoms. The second-order valence-corrected chi connectivity index (χ2v) is 4.86. The number of hydrogen-bond donors (Lipinski definition) is 1. The van der Waals surface area contributed by atoms with Gasteiger partial charge >= 0.3 is 5.97 Å².